The molecule has 5 heteroatoms. The van der Waals surface area contributed by atoms with Gasteiger partial charge in [0, 0.05) is 12.8 Å². The number of rotatable bonds is 50. The second-order valence-corrected chi connectivity index (χ2v) is 18.3. The Bertz CT molecular complexity index is 1030. The number of aliphatic hydroxyl groups excluding tert-OH is 1. The Labute approximate surface area is 386 Å². The molecule has 0 aliphatic rings. The van der Waals surface area contributed by atoms with Crippen molar-refractivity contribution < 1.29 is 24.2 Å². The SMILES string of the molecule is CCCCCCC/C=C\C/C=C\CCCCCCCCCCCCCCCCCC(=O)OC(CO)COC(=O)CCCCCCCCCCC/C=C\C/C=C\CCCCCCC. The van der Waals surface area contributed by atoms with Crippen molar-refractivity contribution >= 4 is 11.9 Å². The van der Waals surface area contributed by atoms with Gasteiger partial charge in [0.25, 0.3) is 0 Å². The molecular weight excluding hydrogens is 765 g/mol. The number of esters is 2. The lowest BCUT2D eigenvalue weighted by atomic mass is 10.0. The van der Waals surface area contributed by atoms with Crippen LogP contribution in [0.1, 0.15) is 284 Å². The van der Waals surface area contributed by atoms with Gasteiger partial charge in [-0.3, -0.25) is 9.59 Å². The van der Waals surface area contributed by atoms with E-state index in [4.69, 9.17) is 9.47 Å². The monoisotopic (exact) mass is 869 g/mol. The molecular formula is C57H104O5. The summed E-state index contributed by atoms with van der Waals surface area (Å²) in [4.78, 5) is 24.5. The van der Waals surface area contributed by atoms with E-state index in [0.717, 1.165) is 51.4 Å². The first kappa shape index (κ1) is 59.9. The Balaban J connectivity index is 3.47. The Kier molecular flexibility index (Phi) is 51.4. The van der Waals surface area contributed by atoms with Crippen molar-refractivity contribution in [2.24, 2.45) is 0 Å². The van der Waals surface area contributed by atoms with Crippen LogP contribution in [0.2, 0.25) is 0 Å². The molecule has 0 aromatic carbocycles. The van der Waals surface area contributed by atoms with E-state index >= 15 is 0 Å². The molecule has 0 rings (SSSR count). The molecule has 1 atom stereocenters. The fourth-order valence-corrected chi connectivity index (χ4v) is 7.97. The third kappa shape index (κ3) is 50.5. The predicted octanol–water partition coefficient (Wildman–Crippen LogP) is 18.1. The molecule has 0 aromatic heterocycles. The van der Waals surface area contributed by atoms with Crippen LogP contribution in [-0.2, 0) is 19.1 Å². The van der Waals surface area contributed by atoms with Gasteiger partial charge < -0.3 is 14.6 Å². The highest BCUT2D eigenvalue weighted by molar-refractivity contribution is 5.70. The molecule has 0 saturated heterocycles. The van der Waals surface area contributed by atoms with Gasteiger partial charge in [-0.2, -0.15) is 0 Å². The third-order valence-corrected chi connectivity index (χ3v) is 12.1. The summed E-state index contributed by atoms with van der Waals surface area (Å²) in [6.07, 6.45) is 69.3. The minimum atomic E-state index is -0.774. The molecule has 62 heavy (non-hydrogen) atoms. The lowest BCUT2D eigenvalue weighted by Gasteiger charge is -2.15. The first-order valence-corrected chi connectivity index (χ1v) is 27.2. The lowest BCUT2D eigenvalue weighted by molar-refractivity contribution is -0.161. The molecule has 0 aromatic rings. The topological polar surface area (TPSA) is 72.8 Å². The second-order valence-electron chi connectivity index (χ2n) is 18.3. The highest BCUT2D eigenvalue weighted by Crippen LogP contribution is 2.16. The van der Waals surface area contributed by atoms with E-state index in [9.17, 15) is 14.7 Å². The average molecular weight is 869 g/mol. The van der Waals surface area contributed by atoms with E-state index in [0.29, 0.717) is 12.8 Å². The third-order valence-electron chi connectivity index (χ3n) is 12.1. The van der Waals surface area contributed by atoms with Crippen LogP contribution >= 0.6 is 0 Å². The average Bonchev–Trinajstić information content (AvgIpc) is 3.28. The molecule has 0 saturated carbocycles. The minimum absolute atomic E-state index is 0.0663. The number of unbranched alkanes of at least 4 members (excludes halogenated alkanes) is 34. The van der Waals surface area contributed by atoms with Crippen molar-refractivity contribution in [3.8, 4) is 0 Å². The van der Waals surface area contributed by atoms with Crippen LogP contribution in [-0.4, -0.2) is 36.4 Å². The minimum Gasteiger partial charge on any atom is -0.462 e. The van der Waals surface area contributed by atoms with E-state index in [1.54, 1.807) is 0 Å². The van der Waals surface area contributed by atoms with Gasteiger partial charge in [0.1, 0.15) is 6.61 Å². The van der Waals surface area contributed by atoms with Crippen molar-refractivity contribution in [1.29, 1.82) is 0 Å². The molecule has 1 N–H and O–H groups in total. The van der Waals surface area contributed by atoms with Gasteiger partial charge in [-0.15, -0.1) is 0 Å². The Morgan fingerprint density at radius 2 is 0.645 bits per heavy atom. The normalized spacial score (nSPS) is 12.5. The van der Waals surface area contributed by atoms with Crippen molar-refractivity contribution in [3.63, 3.8) is 0 Å². The standard InChI is InChI=1S/C57H104O5/c1-3-5-7-9-11-13-15-17-19-21-23-25-26-27-28-29-30-32-34-36-38-40-42-44-46-48-50-52-57(60)62-55(53-58)54-61-56(59)51-49-47-45-43-41-39-37-35-33-31-24-22-20-18-16-14-12-10-8-6-4-2/h15-18,21-24,55,58H,3-14,19-20,25-54H2,1-2H3/b17-15-,18-16-,23-21-,24-22-. The zero-order chi connectivity index (χ0) is 44.9. The predicted molar refractivity (Wildman–Crippen MR) is 270 cm³/mol. The van der Waals surface area contributed by atoms with Crippen molar-refractivity contribution in [1.82, 2.24) is 0 Å². The number of hydrogen-bond donors (Lipinski definition) is 1. The molecule has 0 aliphatic carbocycles. The van der Waals surface area contributed by atoms with Crippen LogP contribution in [0.3, 0.4) is 0 Å². The van der Waals surface area contributed by atoms with Crippen LogP contribution in [0.4, 0.5) is 0 Å². The zero-order valence-corrected chi connectivity index (χ0v) is 41.4. The maximum Gasteiger partial charge on any atom is 0.306 e. The second kappa shape index (κ2) is 53.2. The summed E-state index contributed by atoms with van der Waals surface area (Å²) < 4.78 is 10.7. The Hall–Kier alpha value is -2.14. The van der Waals surface area contributed by atoms with E-state index in [1.807, 2.05) is 0 Å². The first-order chi connectivity index (χ1) is 30.6. The number of carbonyl (C=O) groups is 2. The summed E-state index contributed by atoms with van der Waals surface area (Å²) in [5, 5.41) is 9.64. The molecule has 0 fully saturated rings. The van der Waals surface area contributed by atoms with Crippen molar-refractivity contribution in [2.75, 3.05) is 13.2 Å². The molecule has 0 heterocycles. The number of ether oxygens (including phenoxy) is 2. The summed E-state index contributed by atoms with van der Waals surface area (Å²) in [6, 6.07) is 0. The fourth-order valence-electron chi connectivity index (χ4n) is 7.97. The Morgan fingerprint density at radius 1 is 0.371 bits per heavy atom. The fraction of sp³-hybridized carbons (Fsp3) is 0.825. The molecule has 0 radical (unpaired) electrons. The Morgan fingerprint density at radius 3 is 0.952 bits per heavy atom. The van der Waals surface area contributed by atoms with Crippen LogP contribution < -0.4 is 0 Å². The van der Waals surface area contributed by atoms with Gasteiger partial charge in [0.05, 0.1) is 6.61 Å². The van der Waals surface area contributed by atoms with E-state index in [1.165, 1.54) is 205 Å². The summed E-state index contributed by atoms with van der Waals surface area (Å²) in [5.74, 6) is -0.585. The molecule has 0 amide bonds. The first-order valence-electron chi connectivity index (χ1n) is 27.2. The number of aliphatic hydroxyl groups is 1. The molecule has 5 nitrogen and oxygen atoms in total. The molecule has 362 valence electrons. The number of carbonyl (C=O) groups excluding carboxylic acids is 2. The molecule has 1 unspecified atom stereocenters. The molecule has 0 bridgehead atoms. The van der Waals surface area contributed by atoms with E-state index in [2.05, 4.69) is 62.5 Å². The van der Waals surface area contributed by atoms with Gasteiger partial charge in [-0.25, -0.2) is 0 Å². The number of hydrogen-bond acceptors (Lipinski definition) is 5. The van der Waals surface area contributed by atoms with Gasteiger partial charge in [0.2, 0.25) is 0 Å². The summed E-state index contributed by atoms with van der Waals surface area (Å²) in [7, 11) is 0. The molecule has 0 spiro atoms. The van der Waals surface area contributed by atoms with Gasteiger partial charge in [-0.1, -0.05) is 242 Å². The van der Waals surface area contributed by atoms with Crippen LogP contribution in [0.25, 0.3) is 0 Å². The highest BCUT2D eigenvalue weighted by Gasteiger charge is 2.16. The van der Waals surface area contributed by atoms with E-state index < -0.39 is 6.10 Å². The largest absolute Gasteiger partial charge is 0.462 e. The number of allylic oxidation sites excluding steroid dienone is 8. The summed E-state index contributed by atoms with van der Waals surface area (Å²) >= 11 is 0. The lowest BCUT2D eigenvalue weighted by Crippen LogP contribution is -2.28. The summed E-state index contributed by atoms with van der Waals surface area (Å²) in [6.45, 7) is 4.15. The molecule has 0 aliphatic heterocycles. The van der Waals surface area contributed by atoms with Gasteiger partial charge in [-0.05, 0) is 77.0 Å². The zero-order valence-electron chi connectivity index (χ0n) is 41.4. The maximum atomic E-state index is 12.3. The smallest absolute Gasteiger partial charge is 0.306 e. The maximum absolute atomic E-state index is 12.3. The van der Waals surface area contributed by atoms with Crippen LogP contribution in [0, 0.1) is 0 Å². The quantitative estimate of drug-likeness (QED) is 0.0375. The van der Waals surface area contributed by atoms with Crippen LogP contribution in [0.5, 0.6) is 0 Å². The van der Waals surface area contributed by atoms with Crippen molar-refractivity contribution in [3.05, 3.63) is 48.6 Å². The summed E-state index contributed by atoms with van der Waals surface area (Å²) in [5.41, 5.74) is 0. The van der Waals surface area contributed by atoms with Gasteiger partial charge in [0.15, 0.2) is 6.10 Å². The highest BCUT2D eigenvalue weighted by atomic mass is 16.6. The van der Waals surface area contributed by atoms with Crippen molar-refractivity contribution in [2.45, 2.75) is 290 Å². The van der Waals surface area contributed by atoms with E-state index in [-0.39, 0.29) is 25.2 Å². The van der Waals surface area contributed by atoms with Gasteiger partial charge >= 0.3 is 11.9 Å². The van der Waals surface area contributed by atoms with Crippen LogP contribution in [0.15, 0.2) is 48.6 Å².